The Bertz CT molecular complexity index is 887. The van der Waals surface area contributed by atoms with Crippen LogP contribution in [0.2, 0.25) is 0 Å². The molecular weight excluding hydrogens is 374 g/mol. The van der Waals surface area contributed by atoms with Gasteiger partial charge in [0.05, 0.1) is 10.7 Å². The number of aromatic nitrogens is 2. The van der Waals surface area contributed by atoms with Crippen LogP contribution in [0.5, 0.6) is 0 Å². The van der Waals surface area contributed by atoms with Gasteiger partial charge in [-0.25, -0.2) is 9.99 Å². The maximum Gasteiger partial charge on any atom is 0.270 e. The van der Waals surface area contributed by atoms with Crippen molar-refractivity contribution in [3.63, 3.8) is 0 Å². The van der Waals surface area contributed by atoms with Crippen molar-refractivity contribution in [3.8, 4) is 11.3 Å². The third-order valence-electron chi connectivity index (χ3n) is 5.28. The summed E-state index contributed by atoms with van der Waals surface area (Å²) in [4.78, 5) is 35.3. The van der Waals surface area contributed by atoms with Gasteiger partial charge in [-0.2, -0.15) is 5.10 Å². The van der Waals surface area contributed by atoms with Crippen LogP contribution in [-0.2, 0) is 9.59 Å². The quantitative estimate of drug-likeness (QED) is 0.795. The fraction of sp³-hybridized carbons (Fsp3) is 0.450. The van der Waals surface area contributed by atoms with Gasteiger partial charge in [-0.3, -0.25) is 14.6 Å². The molecule has 0 spiro atoms. The molecule has 0 radical (unpaired) electrons. The largest absolute Gasteiger partial charge is 0.337 e. The molecule has 1 saturated heterocycles. The van der Waals surface area contributed by atoms with Crippen LogP contribution in [0.4, 0.5) is 0 Å². The molecule has 4 rings (SSSR count). The Morgan fingerprint density at radius 3 is 2.68 bits per heavy atom. The zero-order chi connectivity index (χ0) is 19.5. The van der Waals surface area contributed by atoms with Gasteiger partial charge in [0.2, 0.25) is 5.91 Å². The molecule has 0 unspecified atom stereocenters. The molecule has 0 aliphatic carbocycles. The van der Waals surface area contributed by atoms with E-state index in [-0.39, 0.29) is 11.8 Å². The first-order valence-electron chi connectivity index (χ1n) is 9.68. The molecule has 28 heavy (non-hydrogen) atoms. The number of piperidine rings is 1. The predicted octanol–water partition coefficient (Wildman–Crippen LogP) is 2.91. The summed E-state index contributed by atoms with van der Waals surface area (Å²) in [6.07, 6.45) is 6.17. The molecule has 0 atom stereocenters. The highest BCUT2D eigenvalue weighted by Gasteiger charge is 2.30. The van der Waals surface area contributed by atoms with E-state index in [2.05, 4.69) is 15.5 Å². The van der Waals surface area contributed by atoms with Crippen molar-refractivity contribution >= 4 is 28.9 Å². The second kappa shape index (κ2) is 8.18. The molecule has 7 nitrogen and oxygen atoms in total. The molecule has 0 bridgehead atoms. The average molecular weight is 398 g/mol. The minimum atomic E-state index is -0.0268. The number of pyridine rings is 1. The molecule has 2 aromatic heterocycles. The number of likely N-dealkylation sites (tertiary alicyclic amines) is 1. The van der Waals surface area contributed by atoms with E-state index in [1.807, 2.05) is 24.0 Å². The van der Waals surface area contributed by atoms with Crippen molar-refractivity contribution in [1.82, 2.24) is 19.9 Å². The van der Waals surface area contributed by atoms with E-state index in [1.54, 1.807) is 23.7 Å². The summed E-state index contributed by atoms with van der Waals surface area (Å²) < 4.78 is 0. The van der Waals surface area contributed by atoms with Gasteiger partial charge < -0.3 is 4.90 Å². The molecule has 0 aromatic carbocycles. The summed E-state index contributed by atoms with van der Waals surface area (Å²) in [6, 6.07) is 3.94. The first-order chi connectivity index (χ1) is 13.7. The number of thiazole rings is 1. The second-order valence-corrected chi connectivity index (χ2v) is 7.92. The Kier molecular flexibility index (Phi) is 5.47. The molecule has 146 valence electrons. The maximum atomic E-state index is 12.8. The van der Waals surface area contributed by atoms with Gasteiger partial charge in [0.25, 0.3) is 5.91 Å². The summed E-state index contributed by atoms with van der Waals surface area (Å²) in [5.74, 6) is 0.346. The third-order valence-corrected chi connectivity index (χ3v) is 6.29. The number of rotatable bonds is 4. The number of carbonyl (C=O) groups excluding carboxylic acids is 2. The molecule has 2 aromatic rings. The zero-order valence-corrected chi connectivity index (χ0v) is 16.7. The second-order valence-electron chi connectivity index (χ2n) is 7.03. The number of nitrogens with zero attached hydrogens (tertiary/aromatic N) is 5. The van der Waals surface area contributed by atoms with Gasteiger partial charge in [-0.05, 0) is 31.9 Å². The molecule has 2 amide bonds. The lowest BCUT2D eigenvalue weighted by atomic mass is 9.97. The monoisotopic (exact) mass is 397 g/mol. The molecular formula is C20H23N5O2S. The van der Waals surface area contributed by atoms with E-state index in [1.165, 1.54) is 5.01 Å². The van der Waals surface area contributed by atoms with Crippen LogP contribution in [0.15, 0.2) is 35.0 Å². The topological polar surface area (TPSA) is 78.8 Å². The molecule has 1 fully saturated rings. The Morgan fingerprint density at radius 2 is 1.96 bits per heavy atom. The summed E-state index contributed by atoms with van der Waals surface area (Å²) in [5.41, 5.74) is 2.58. The lowest BCUT2D eigenvalue weighted by Crippen LogP contribution is -2.44. The van der Waals surface area contributed by atoms with Crippen molar-refractivity contribution in [3.05, 3.63) is 34.9 Å². The molecule has 0 N–H and O–H groups in total. The van der Waals surface area contributed by atoms with Crippen molar-refractivity contribution in [2.45, 2.75) is 38.5 Å². The number of hydrazone groups is 1. The summed E-state index contributed by atoms with van der Waals surface area (Å²) in [7, 11) is 0. The van der Waals surface area contributed by atoms with Gasteiger partial charge in [0.1, 0.15) is 5.71 Å². The fourth-order valence-electron chi connectivity index (χ4n) is 3.65. The number of carbonyl (C=O) groups is 2. The predicted molar refractivity (Wildman–Crippen MR) is 108 cm³/mol. The Balaban J connectivity index is 1.38. The van der Waals surface area contributed by atoms with Crippen LogP contribution in [0, 0.1) is 0 Å². The molecule has 0 saturated carbocycles. The lowest BCUT2D eigenvalue weighted by molar-refractivity contribution is -0.132. The smallest absolute Gasteiger partial charge is 0.270 e. The standard InChI is InChI=1S/C20H23N5O2S/c1-2-25-18(26)4-3-16(23-25)20(27)24-11-7-15(8-12-24)19-22-17(13-28-19)14-5-9-21-10-6-14/h5-6,9-10,13,15H,2-4,7-8,11-12H2,1H3. The highest BCUT2D eigenvalue weighted by Crippen LogP contribution is 2.33. The molecule has 2 aliphatic rings. The van der Waals surface area contributed by atoms with Crippen LogP contribution in [0.1, 0.15) is 43.5 Å². The van der Waals surface area contributed by atoms with Crippen LogP contribution in [-0.4, -0.2) is 57.0 Å². The molecule has 4 heterocycles. The summed E-state index contributed by atoms with van der Waals surface area (Å²) in [5, 5.41) is 8.90. The minimum absolute atomic E-state index is 0.00784. The van der Waals surface area contributed by atoms with E-state index in [4.69, 9.17) is 4.98 Å². The average Bonchev–Trinajstić information content (AvgIpc) is 3.25. The van der Waals surface area contributed by atoms with E-state index in [0.29, 0.717) is 44.1 Å². The Hall–Kier alpha value is -2.61. The van der Waals surface area contributed by atoms with Crippen LogP contribution >= 0.6 is 11.3 Å². The van der Waals surface area contributed by atoms with Crippen LogP contribution in [0.25, 0.3) is 11.3 Å². The summed E-state index contributed by atoms with van der Waals surface area (Å²) >= 11 is 1.69. The van der Waals surface area contributed by atoms with E-state index in [0.717, 1.165) is 29.1 Å². The van der Waals surface area contributed by atoms with Crippen LogP contribution in [0.3, 0.4) is 0 Å². The fourth-order valence-corrected chi connectivity index (χ4v) is 4.65. The van der Waals surface area contributed by atoms with Gasteiger partial charge in [-0.1, -0.05) is 0 Å². The number of hydrogen-bond donors (Lipinski definition) is 0. The highest BCUT2D eigenvalue weighted by atomic mass is 32.1. The minimum Gasteiger partial charge on any atom is -0.337 e. The first-order valence-corrected chi connectivity index (χ1v) is 10.6. The SMILES string of the molecule is CCN1N=C(C(=O)N2CCC(c3nc(-c4ccncc4)cs3)CC2)CCC1=O. The highest BCUT2D eigenvalue weighted by molar-refractivity contribution is 7.10. The van der Waals surface area contributed by atoms with Crippen LogP contribution < -0.4 is 0 Å². The van der Waals surface area contributed by atoms with E-state index >= 15 is 0 Å². The van der Waals surface area contributed by atoms with Gasteiger partial charge in [0.15, 0.2) is 0 Å². The third kappa shape index (κ3) is 3.82. The number of amides is 2. The van der Waals surface area contributed by atoms with Crippen molar-refractivity contribution < 1.29 is 9.59 Å². The van der Waals surface area contributed by atoms with Gasteiger partial charge >= 0.3 is 0 Å². The van der Waals surface area contributed by atoms with E-state index < -0.39 is 0 Å². The molecule has 8 heteroatoms. The zero-order valence-electron chi connectivity index (χ0n) is 15.9. The van der Waals surface area contributed by atoms with Crippen molar-refractivity contribution in [1.29, 1.82) is 0 Å². The van der Waals surface area contributed by atoms with Crippen molar-refractivity contribution in [2.75, 3.05) is 19.6 Å². The Morgan fingerprint density at radius 1 is 1.21 bits per heavy atom. The normalized spacial score (nSPS) is 18.3. The van der Waals surface area contributed by atoms with Crippen molar-refractivity contribution in [2.24, 2.45) is 5.10 Å². The van der Waals surface area contributed by atoms with E-state index in [9.17, 15) is 9.59 Å². The number of hydrogen-bond acceptors (Lipinski definition) is 6. The summed E-state index contributed by atoms with van der Waals surface area (Å²) in [6.45, 7) is 3.77. The van der Waals surface area contributed by atoms with Gasteiger partial charge in [-0.15, -0.1) is 11.3 Å². The maximum absolute atomic E-state index is 12.8. The Labute approximate surface area is 168 Å². The lowest BCUT2D eigenvalue weighted by Gasteiger charge is -2.32. The van der Waals surface area contributed by atoms with Gasteiger partial charge in [0, 0.05) is 61.7 Å². The first kappa shape index (κ1) is 18.7. The molecule has 2 aliphatic heterocycles.